The van der Waals surface area contributed by atoms with Gasteiger partial charge in [0.1, 0.15) is 0 Å². The van der Waals surface area contributed by atoms with Crippen LogP contribution in [0.4, 0.5) is 59.7 Å². The summed E-state index contributed by atoms with van der Waals surface area (Å²) in [5, 5.41) is 4.17. The van der Waals surface area contributed by atoms with E-state index in [1.807, 2.05) is 0 Å². The first-order chi connectivity index (χ1) is 16.9. The van der Waals surface area contributed by atoms with Crippen molar-refractivity contribution in [3.05, 3.63) is 68.7 Å². The van der Waals surface area contributed by atoms with Gasteiger partial charge in [0.05, 0.1) is 22.5 Å². The molecule has 37 heavy (non-hydrogen) atoms. The van der Waals surface area contributed by atoms with Gasteiger partial charge in [-0.15, -0.1) is 0 Å². The van der Waals surface area contributed by atoms with Gasteiger partial charge in [-0.1, -0.05) is 6.07 Å². The van der Waals surface area contributed by atoms with Crippen molar-refractivity contribution in [2.24, 2.45) is 0 Å². The number of hydrogen-bond donors (Lipinski definition) is 2. The maximum Gasteiger partial charge on any atom is 0.435 e. The average molecular weight is 612 g/mol. The Bertz CT molecular complexity index is 1190. The van der Waals surface area contributed by atoms with E-state index in [-0.39, 0.29) is 24.8 Å². The third kappa shape index (κ3) is 6.25. The van der Waals surface area contributed by atoms with E-state index in [4.69, 9.17) is 6.57 Å². The van der Waals surface area contributed by atoms with Gasteiger partial charge in [-0.2, -0.15) is 39.5 Å². The Morgan fingerprint density at radius 3 is 2.08 bits per heavy atom. The fourth-order valence-electron chi connectivity index (χ4n) is 3.05. The normalized spacial score (nSPS) is 12.7. The van der Waals surface area contributed by atoms with Crippen molar-refractivity contribution >= 4 is 33.2 Å². The largest absolute Gasteiger partial charge is 0.435 e. The molecule has 2 N–H and O–H groups in total. The molecule has 0 saturated heterocycles. The van der Waals surface area contributed by atoms with Crippen molar-refractivity contribution in [3.8, 4) is 0 Å². The number of halogens is 12. The monoisotopic (exact) mass is 611 g/mol. The molecule has 0 aromatic heterocycles. The Morgan fingerprint density at radius 2 is 1.57 bits per heavy atom. The predicted molar refractivity (Wildman–Crippen MR) is 113 cm³/mol. The zero-order chi connectivity index (χ0) is 28.4. The lowest BCUT2D eigenvalue weighted by atomic mass is 9.92. The highest BCUT2D eigenvalue weighted by molar-refractivity contribution is 9.10. The molecule has 0 heterocycles. The zero-order valence-electron chi connectivity index (χ0n) is 17.9. The minimum absolute atomic E-state index is 0.0962. The van der Waals surface area contributed by atoms with Gasteiger partial charge in [-0.3, -0.25) is 4.79 Å². The van der Waals surface area contributed by atoms with E-state index < -0.39 is 68.8 Å². The van der Waals surface area contributed by atoms with Crippen LogP contribution in [0.15, 0.2) is 34.8 Å². The van der Waals surface area contributed by atoms with Gasteiger partial charge in [0.25, 0.3) is 5.91 Å². The van der Waals surface area contributed by atoms with Crippen molar-refractivity contribution in [1.29, 1.82) is 0 Å². The van der Waals surface area contributed by atoms with Crippen LogP contribution in [0.3, 0.4) is 0 Å². The summed E-state index contributed by atoms with van der Waals surface area (Å²) in [7, 11) is 0. The molecule has 0 fully saturated rings. The third-order valence-electron chi connectivity index (χ3n) is 4.82. The molecule has 0 atom stereocenters. The van der Waals surface area contributed by atoms with Crippen LogP contribution in [-0.2, 0) is 11.8 Å². The molecule has 0 aliphatic carbocycles. The van der Waals surface area contributed by atoms with Crippen LogP contribution >= 0.6 is 15.9 Å². The fourth-order valence-corrected chi connectivity index (χ4v) is 3.61. The number of carbonyl (C=O) groups excluding carboxylic acids is 1. The second kappa shape index (κ2) is 10.7. The van der Waals surface area contributed by atoms with Crippen LogP contribution in [0, 0.1) is 12.4 Å². The molecule has 0 aliphatic heterocycles. The summed E-state index contributed by atoms with van der Waals surface area (Å²) in [6.45, 7) is 6.86. The lowest BCUT2D eigenvalue weighted by Crippen LogP contribution is -2.50. The van der Waals surface area contributed by atoms with Crippen LogP contribution in [0.5, 0.6) is 0 Å². The van der Waals surface area contributed by atoms with Crippen LogP contribution in [0.1, 0.15) is 27.9 Å². The Kier molecular flexibility index (Phi) is 8.73. The topological polar surface area (TPSA) is 45.5 Å². The summed E-state index contributed by atoms with van der Waals surface area (Å²) in [6.07, 6.45) is -18.8. The molecule has 0 unspecified atom stereocenters. The Labute approximate surface area is 209 Å². The number of rotatable bonds is 7. The quantitative estimate of drug-likeness (QED) is 0.190. The molecule has 0 radical (unpaired) electrons. The molecule has 0 spiro atoms. The predicted octanol–water partition coefficient (Wildman–Crippen LogP) is 7.87. The number of anilines is 2. The lowest BCUT2D eigenvalue weighted by Gasteiger charge is -2.31. The summed E-state index contributed by atoms with van der Waals surface area (Å²) in [5.74, 6) is -2.78. The number of hydrogen-bond acceptors (Lipinski definition) is 2. The third-order valence-corrected chi connectivity index (χ3v) is 5.44. The maximum atomic E-state index is 14.7. The van der Waals surface area contributed by atoms with Gasteiger partial charge < -0.3 is 15.5 Å². The molecular weight excluding hydrogens is 599 g/mol. The molecule has 0 bridgehead atoms. The van der Waals surface area contributed by atoms with Gasteiger partial charge in [0.15, 0.2) is 5.82 Å². The highest BCUT2D eigenvalue weighted by Crippen LogP contribution is 2.55. The minimum atomic E-state index is -6.69. The molecular formula is C21H13BrF11N3O. The van der Waals surface area contributed by atoms with Crippen LogP contribution in [-0.4, -0.2) is 31.3 Å². The van der Waals surface area contributed by atoms with E-state index in [9.17, 15) is 53.1 Å². The van der Waals surface area contributed by atoms with E-state index in [0.717, 1.165) is 12.1 Å². The van der Waals surface area contributed by atoms with E-state index >= 15 is 0 Å². The number of nitrogens with zero attached hydrogens (tertiary/aromatic N) is 1. The van der Waals surface area contributed by atoms with Gasteiger partial charge in [-0.25, -0.2) is 15.4 Å². The van der Waals surface area contributed by atoms with E-state index in [2.05, 4.69) is 26.1 Å². The number of benzene rings is 2. The number of carbonyl (C=O) groups is 1. The second-order valence-electron chi connectivity index (χ2n) is 7.32. The minimum Gasteiger partial charge on any atom is -0.382 e. The highest BCUT2D eigenvalue weighted by Gasteiger charge is 2.73. The smallest absolute Gasteiger partial charge is 0.382 e. The van der Waals surface area contributed by atoms with Gasteiger partial charge >= 0.3 is 24.2 Å². The SMILES string of the molecule is [C-]#[N+]CCCNc1cccc(C(=O)Nc2c(Br)cc(C(F)(C(F)(F)F)C(F)(F)F)cc2C(F)(F)F)c1F. The second-order valence-corrected chi connectivity index (χ2v) is 8.17. The Balaban J connectivity index is 2.57. The standard InChI is InChI=1S/C21H13BrF11N3O/c1-34-6-3-7-35-14-5-2-4-11(15(14)23)17(37)36-16-12(19(25,26)27)8-10(9-13(16)22)18(24,20(28,29)30)21(31,32)33/h2,4-5,8-9,35H,3,6-7H2,(H,36,37). The Hall–Kier alpha value is -3.09. The maximum absolute atomic E-state index is 14.7. The molecule has 1 amide bonds. The summed E-state index contributed by atoms with van der Waals surface area (Å²) in [5.41, 5.74) is -13.3. The molecule has 0 aliphatic rings. The summed E-state index contributed by atoms with van der Waals surface area (Å²) >= 11 is 2.35. The fraction of sp³-hybridized carbons (Fsp3) is 0.333. The first kappa shape index (κ1) is 30.1. The number of nitrogens with one attached hydrogen (secondary N) is 2. The zero-order valence-corrected chi connectivity index (χ0v) is 19.5. The van der Waals surface area contributed by atoms with Crippen molar-refractivity contribution in [2.45, 2.75) is 30.6 Å². The van der Waals surface area contributed by atoms with Crippen LogP contribution in [0.2, 0.25) is 0 Å². The van der Waals surface area contributed by atoms with Gasteiger partial charge in [0, 0.05) is 23.0 Å². The van der Waals surface area contributed by atoms with Crippen LogP contribution < -0.4 is 10.6 Å². The van der Waals surface area contributed by atoms with E-state index in [0.29, 0.717) is 6.42 Å². The summed E-state index contributed by atoms with van der Waals surface area (Å²) in [4.78, 5) is 15.6. The molecule has 0 saturated carbocycles. The molecule has 2 rings (SSSR count). The van der Waals surface area contributed by atoms with E-state index in [1.165, 1.54) is 6.07 Å². The van der Waals surface area contributed by atoms with Crippen molar-refractivity contribution in [1.82, 2.24) is 0 Å². The van der Waals surface area contributed by atoms with Crippen molar-refractivity contribution in [2.75, 3.05) is 23.7 Å². The molecule has 202 valence electrons. The average Bonchev–Trinajstić information content (AvgIpc) is 2.75. The van der Waals surface area contributed by atoms with Crippen molar-refractivity contribution < 1.29 is 53.1 Å². The number of amides is 1. The molecule has 2 aromatic rings. The lowest BCUT2D eigenvalue weighted by molar-refractivity contribution is -0.348. The first-order valence-electron chi connectivity index (χ1n) is 9.76. The van der Waals surface area contributed by atoms with Crippen molar-refractivity contribution in [3.63, 3.8) is 0 Å². The number of alkyl halides is 10. The van der Waals surface area contributed by atoms with Gasteiger partial charge in [-0.05, 0) is 40.2 Å². The molecule has 16 heteroatoms. The summed E-state index contributed by atoms with van der Waals surface area (Å²) in [6, 6.07) is 2.22. The Morgan fingerprint density at radius 1 is 0.973 bits per heavy atom. The highest BCUT2D eigenvalue weighted by atomic mass is 79.9. The summed E-state index contributed by atoms with van der Waals surface area (Å²) < 4.78 is 147. The molecule has 4 nitrogen and oxygen atoms in total. The van der Waals surface area contributed by atoms with Crippen LogP contribution in [0.25, 0.3) is 4.85 Å². The molecule has 2 aromatic carbocycles. The van der Waals surface area contributed by atoms with Gasteiger partial charge in [0.2, 0.25) is 6.54 Å². The first-order valence-corrected chi connectivity index (χ1v) is 10.6. The van der Waals surface area contributed by atoms with E-state index in [1.54, 1.807) is 5.32 Å².